The molecule has 0 unspecified atom stereocenters. The van der Waals surface area contributed by atoms with Gasteiger partial charge in [0.2, 0.25) is 0 Å². The van der Waals surface area contributed by atoms with Gasteiger partial charge in [-0.1, -0.05) is 6.07 Å². The molecule has 0 amide bonds. The van der Waals surface area contributed by atoms with Gasteiger partial charge >= 0.3 is 29.6 Å². The Hall–Kier alpha value is -0.0900. The Kier molecular flexibility index (Phi) is 5.56. The Morgan fingerprint density at radius 1 is 1.31 bits per heavy atom. The first-order valence-corrected chi connectivity index (χ1v) is 4.13. The molecular weight excluding hydrogens is 191 g/mol. The zero-order chi connectivity index (χ0) is 9.14. The van der Waals surface area contributed by atoms with Crippen molar-refractivity contribution >= 4 is 23.0 Å². The van der Waals surface area contributed by atoms with Crippen molar-refractivity contribution in [3.8, 4) is 0 Å². The van der Waals surface area contributed by atoms with Gasteiger partial charge in [-0.3, -0.25) is 0 Å². The SMILES string of the molecule is Cc1cc(C)cc(NC(N)=S)c1.[H-].[Na+]. The summed E-state index contributed by atoms with van der Waals surface area (Å²) < 4.78 is 0. The van der Waals surface area contributed by atoms with Gasteiger partial charge in [0, 0.05) is 5.69 Å². The fraction of sp³-hybridized carbons (Fsp3) is 0.222. The van der Waals surface area contributed by atoms with E-state index < -0.39 is 0 Å². The third-order valence-electron chi connectivity index (χ3n) is 1.49. The molecule has 66 valence electrons. The molecule has 2 nitrogen and oxygen atoms in total. The van der Waals surface area contributed by atoms with Crippen LogP contribution in [-0.4, -0.2) is 5.11 Å². The van der Waals surface area contributed by atoms with E-state index in [0.717, 1.165) is 5.69 Å². The molecule has 0 spiro atoms. The van der Waals surface area contributed by atoms with Gasteiger partial charge in [-0.05, 0) is 49.3 Å². The Bertz CT molecular complexity index is 297. The van der Waals surface area contributed by atoms with Gasteiger partial charge in [-0.2, -0.15) is 0 Å². The fourth-order valence-corrected chi connectivity index (χ4v) is 1.31. The van der Waals surface area contributed by atoms with Crippen molar-refractivity contribution in [2.75, 3.05) is 5.32 Å². The third-order valence-corrected chi connectivity index (χ3v) is 1.59. The summed E-state index contributed by atoms with van der Waals surface area (Å²) in [5.74, 6) is 0. The maximum atomic E-state index is 5.34. The quantitative estimate of drug-likeness (QED) is 0.459. The van der Waals surface area contributed by atoms with Crippen LogP contribution in [0.15, 0.2) is 18.2 Å². The topological polar surface area (TPSA) is 38.0 Å². The molecule has 0 saturated carbocycles. The summed E-state index contributed by atoms with van der Waals surface area (Å²) >= 11 is 4.73. The minimum atomic E-state index is 0. The molecule has 4 heteroatoms. The summed E-state index contributed by atoms with van der Waals surface area (Å²) in [5, 5.41) is 3.20. The molecule has 0 heterocycles. The smallest absolute Gasteiger partial charge is 1.00 e. The Balaban J connectivity index is 0. The number of nitrogens with one attached hydrogen (secondary N) is 1. The molecule has 0 aromatic heterocycles. The van der Waals surface area contributed by atoms with E-state index in [1.54, 1.807) is 0 Å². The number of anilines is 1. The van der Waals surface area contributed by atoms with Crippen LogP contribution in [0.5, 0.6) is 0 Å². The molecule has 0 saturated heterocycles. The number of rotatable bonds is 1. The summed E-state index contributed by atoms with van der Waals surface area (Å²) in [5.41, 5.74) is 8.71. The minimum Gasteiger partial charge on any atom is -1.00 e. The summed E-state index contributed by atoms with van der Waals surface area (Å²) in [7, 11) is 0. The number of thiocarbonyl (C=S) groups is 1. The fourth-order valence-electron chi connectivity index (χ4n) is 1.19. The van der Waals surface area contributed by atoms with Gasteiger partial charge in [0.1, 0.15) is 0 Å². The van der Waals surface area contributed by atoms with E-state index in [1.165, 1.54) is 11.1 Å². The van der Waals surface area contributed by atoms with Gasteiger partial charge in [0.15, 0.2) is 5.11 Å². The molecule has 1 aromatic rings. The zero-order valence-corrected chi connectivity index (χ0v) is 11.0. The first kappa shape index (κ1) is 12.9. The second-order valence-corrected chi connectivity index (χ2v) is 3.31. The second kappa shape index (κ2) is 5.60. The normalized spacial score (nSPS) is 8.77. The summed E-state index contributed by atoms with van der Waals surface area (Å²) in [6.45, 7) is 4.08. The molecule has 0 aliphatic carbocycles. The molecule has 0 bridgehead atoms. The van der Waals surface area contributed by atoms with Crippen molar-refractivity contribution in [3.63, 3.8) is 0 Å². The van der Waals surface area contributed by atoms with Crippen molar-refractivity contribution in [2.45, 2.75) is 13.8 Å². The molecule has 13 heavy (non-hydrogen) atoms. The summed E-state index contributed by atoms with van der Waals surface area (Å²) in [6.07, 6.45) is 0. The molecule has 1 rings (SSSR count). The van der Waals surface area contributed by atoms with E-state index in [0.29, 0.717) is 5.11 Å². The van der Waals surface area contributed by atoms with Crippen LogP contribution >= 0.6 is 12.2 Å². The Morgan fingerprint density at radius 2 is 1.77 bits per heavy atom. The van der Waals surface area contributed by atoms with Crippen LogP contribution < -0.4 is 40.6 Å². The maximum absolute atomic E-state index is 5.34. The van der Waals surface area contributed by atoms with Gasteiger partial charge in [0.25, 0.3) is 0 Å². The average Bonchev–Trinajstić information content (AvgIpc) is 1.81. The standard InChI is InChI=1S/C9H12N2S.Na.H/c1-6-3-7(2)5-8(4-6)11-9(10)12;;/h3-5H,1-2H3,(H3,10,11,12);;/q;+1;-1. The maximum Gasteiger partial charge on any atom is 1.00 e. The number of hydrogen-bond acceptors (Lipinski definition) is 1. The van der Waals surface area contributed by atoms with E-state index >= 15 is 0 Å². The van der Waals surface area contributed by atoms with Crippen molar-refractivity contribution in [3.05, 3.63) is 29.3 Å². The summed E-state index contributed by atoms with van der Waals surface area (Å²) in [6, 6.07) is 6.11. The van der Waals surface area contributed by atoms with Crippen molar-refractivity contribution in [1.82, 2.24) is 0 Å². The number of hydrogen-bond donors (Lipinski definition) is 2. The second-order valence-electron chi connectivity index (χ2n) is 2.87. The van der Waals surface area contributed by atoms with Crippen LogP contribution in [-0.2, 0) is 0 Å². The largest absolute Gasteiger partial charge is 1.00 e. The molecular formula is C9H13N2NaS. The number of nitrogens with two attached hydrogens (primary N) is 1. The molecule has 0 atom stereocenters. The molecule has 3 N–H and O–H groups in total. The van der Waals surface area contributed by atoms with Crippen LogP contribution in [0.3, 0.4) is 0 Å². The first-order valence-electron chi connectivity index (χ1n) is 3.72. The van der Waals surface area contributed by atoms with Gasteiger partial charge < -0.3 is 12.5 Å². The van der Waals surface area contributed by atoms with Crippen LogP contribution in [0.4, 0.5) is 5.69 Å². The van der Waals surface area contributed by atoms with Crippen molar-refractivity contribution in [2.24, 2.45) is 5.73 Å². The zero-order valence-electron chi connectivity index (χ0n) is 9.22. The predicted molar refractivity (Wildman–Crippen MR) is 57.4 cm³/mol. The van der Waals surface area contributed by atoms with E-state index in [2.05, 4.69) is 11.4 Å². The molecule has 0 fully saturated rings. The van der Waals surface area contributed by atoms with Crippen molar-refractivity contribution < 1.29 is 31.0 Å². The Morgan fingerprint density at radius 3 is 2.15 bits per heavy atom. The summed E-state index contributed by atoms with van der Waals surface area (Å²) in [4.78, 5) is 0. The van der Waals surface area contributed by atoms with Crippen LogP contribution in [0.2, 0.25) is 0 Å². The number of aryl methyl sites for hydroxylation is 2. The Labute approximate surface area is 108 Å². The average molecular weight is 204 g/mol. The van der Waals surface area contributed by atoms with Gasteiger partial charge in [-0.25, -0.2) is 0 Å². The van der Waals surface area contributed by atoms with E-state index in [9.17, 15) is 0 Å². The minimum absolute atomic E-state index is 0. The third kappa shape index (κ3) is 4.62. The number of benzene rings is 1. The van der Waals surface area contributed by atoms with Crippen LogP contribution in [0.1, 0.15) is 12.6 Å². The van der Waals surface area contributed by atoms with Gasteiger partial charge in [0.05, 0.1) is 0 Å². The van der Waals surface area contributed by atoms with E-state index in [-0.39, 0.29) is 31.0 Å². The monoisotopic (exact) mass is 204 g/mol. The van der Waals surface area contributed by atoms with E-state index in [1.807, 2.05) is 26.0 Å². The van der Waals surface area contributed by atoms with Gasteiger partial charge in [-0.15, -0.1) is 0 Å². The molecule has 0 radical (unpaired) electrons. The first-order chi connectivity index (χ1) is 5.58. The van der Waals surface area contributed by atoms with Crippen LogP contribution in [0, 0.1) is 13.8 Å². The molecule has 0 aliphatic rings. The van der Waals surface area contributed by atoms with Crippen molar-refractivity contribution in [1.29, 1.82) is 0 Å². The van der Waals surface area contributed by atoms with E-state index in [4.69, 9.17) is 18.0 Å². The molecule has 0 aliphatic heterocycles. The predicted octanol–water partition coefficient (Wildman–Crippen LogP) is -0.925. The van der Waals surface area contributed by atoms with Crippen LogP contribution in [0.25, 0.3) is 0 Å². The molecule has 1 aromatic carbocycles.